The maximum Gasteiger partial charge on any atom is 0.332 e. The molecule has 0 spiro atoms. The first-order valence-corrected chi connectivity index (χ1v) is 8.00. The highest BCUT2D eigenvalue weighted by atomic mass is 16.5. The third kappa shape index (κ3) is 4.68. The number of hydrogen-bond acceptors (Lipinski definition) is 5. The maximum absolute atomic E-state index is 12.2. The molecule has 2 N–H and O–H groups in total. The molecule has 0 aliphatic carbocycles. The van der Waals surface area contributed by atoms with E-state index < -0.39 is 18.2 Å². The van der Waals surface area contributed by atoms with Gasteiger partial charge < -0.3 is 24.3 Å². The Morgan fingerprint density at radius 1 is 1.16 bits per heavy atom. The van der Waals surface area contributed by atoms with E-state index in [9.17, 15) is 9.59 Å². The minimum Gasteiger partial charge on any atom is -0.479 e. The highest BCUT2D eigenvalue weighted by Gasteiger charge is 2.34. The van der Waals surface area contributed by atoms with Crippen molar-refractivity contribution in [1.82, 2.24) is 0 Å². The molecule has 0 radical (unpaired) electrons. The molecule has 2 atom stereocenters. The largest absolute Gasteiger partial charge is 0.479 e. The Balaban J connectivity index is 1.51. The average Bonchev–Trinajstić information content (AvgIpc) is 3.27. The van der Waals surface area contributed by atoms with Gasteiger partial charge in [-0.25, -0.2) is 4.79 Å². The van der Waals surface area contributed by atoms with E-state index in [1.165, 1.54) is 0 Å². The van der Waals surface area contributed by atoms with E-state index in [1.807, 2.05) is 24.3 Å². The quantitative estimate of drug-likeness (QED) is 0.800. The molecule has 1 aliphatic rings. The van der Waals surface area contributed by atoms with Crippen LogP contribution in [0.15, 0.2) is 47.1 Å². The molecule has 1 aromatic heterocycles. The molecule has 7 nitrogen and oxygen atoms in total. The topological polar surface area (TPSA) is 98.0 Å². The molecule has 0 unspecified atom stereocenters. The number of aliphatic carboxylic acids is 1. The monoisotopic (exact) mass is 345 g/mol. The number of rotatable bonds is 7. The summed E-state index contributed by atoms with van der Waals surface area (Å²) in [6.45, 7) is 0.751. The average molecular weight is 345 g/mol. The Kier molecular flexibility index (Phi) is 5.47. The van der Waals surface area contributed by atoms with E-state index in [0.29, 0.717) is 31.7 Å². The summed E-state index contributed by atoms with van der Waals surface area (Å²) < 4.78 is 16.0. The summed E-state index contributed by atoms with van der Waals surface area (Å²) in [7, 11) is 0. The van der Waals surface area contributed by atoms with E-state index in [-0.39, 0.29) is 5.91 Å². The molecule has 2 heterocycles. The summed E-state index contributed by atoms with van der Waals surface area (Å²) in [5.41, 5.74) is 1.52. The molecule has 132 valence electrons. The van der Waals surface area contributed by atoms with Crippen LogP contribution in [0.25, 0.3) is 0 Å². The first-order valence-electron chi connectivity index (χ1n) is 8.00. The van der Waals surface area contributed by atoms with Gasteiger partial charge in [0.05, 0.1) is 12.9 Å². The second-order valence-corrected chi connectivity index (χ2v) is 5.79. The number of furan rings is 1. The van der Waals surface area contributed by atoms with Crippen molar-refractivity contribution in [1.29, 1.82) is 0 Å². The Labute approximate surface area is 144 Å². The van der Waals surface area contributed by atoms with E-state index in [2.05, 4.69) is 5.32 Å². The van der Waals surface area contributed by atoms with Crippen molar-refractivity contribution in [3.63, 3.8) is 0 Å². The molecule has 7 heteroatoms. The Morgan fingerprint density at radius 2 is 2.00 bits per heavy atom. The van der Waals surface area contributed by atoms with Crippen molar-refractivity contribution in [3.8, 4) is 0 Å². The number of ether oxygens (including phenoxy) is 2. The van der Waals surface area contributed by atoms with E-state index in [4.69, 9.17) is 19.0 Å². The number of carboxylic acids is 1. The molecule has 0 bridgehead atoms. The highest BCUT2D eigenvalue weighted by molar-refractivity contribution is 5.94. The predicted molar refractivity (Wildman–Crippen MR) is 87.8 cm³/mol. The van der Waals surface area contributed by atoms with Crippen LogP contribution in [-0.4, -0.2) is 29.2 Å². The minimum atomic E-state index is -1.04. The van der Waals surface area contributed by atoms with Crippen molar-refractivity contribution >= 4 is 17.6 Å². The summed E-state index contributed by atoms with van der Waals surface area (Å²) in [6.07, 6.45) is 0.689. The van der Waals surface area contributed by atoms with Crippen LogP contribution in [0.3, 0.4) is 0 Å². The van der Waals surface area contributed by atoms with Crippen LogP contribution in [0.1, 0.15) is 24.2 Å². The van der Waals surface area contributed by atoms with Gasteiger partial charge in [0.25, 0.3) is 5.91 Å². The van der Waals surface area contributed by atoms with Gasteiger partial charge >= 0.3 is 5.97 Å². The molecular weight excluding hydrogens is 326 g/mol. The molecule has 3 rings (SSSR count). The van der Waals surface area contributed by atoms with Crippen LogP contribution >= 0.6 is 0 Å². The Morgan fingerprint density at radius 3 is 2.72 bits per heavy atom. The maximum atomic E-state index is 12.2. The number of carbonyl (C=O) groups excluding carboxylic acids is 1. The lowest BCUT2D eigenvalue weighted by Gasteiger charge is -2.12. The van der Waals surface area contributed by atoms with E-state index in [1.54, 1.807) is 18.4 Å². The Hall–Kier alpha value is -2.64. The smallest absolute Gasteiger partial charge is 0.332 e. The molecular formula is C18H19NO6. The molecule has 1 aliphatic heterocycles. The fourth-order valence-corrected chi connectivity index (χ4v) is 2.64. The van der Waals surface area contributed by atoms with Gasteiger partial charge in [-0.3, -0.25) is 4.79 Å². The molecule has 25 heavy (non-hydrogen) atoms. The molecule has 1 aromatic carbocycles. The molecule has 1 fully saturated rings. The summed E-state index contributed by atoms with van der Waals surface area (Å²) in [6, 6.07) is 10.9. The highest BCUT2D eigenvalue weighted by Crippen LogP contribution is 2.22. The molecule has 2 aromatic rings. The second kappa shape index (κ2) is 7.96. The van der Waals surface area contributed by atoms with Crippen LogP contribution in [0.5, 0.6) is 0 Å². The number of hydrogen-bond donors (Lipinski definition) is 2. The number of nitrogens with one attached hydrogen (secondary N) is 1. The fourth-order valence-electron chi connectivity index (χ4n) is 2.64. The van der Waals surface area contributed by atoms with E-state index >= 15 is 0 Å². The summed E-state index contributed by atoms with van der Waals surface area (Å²) in [4.78, 5) is 23.1. The zero-order valence-corrected chi connectivity index (χ0v) is 13.5. The van der Waals surface area contributed by atoms with Crippen molar-refractivity contribution in [2.45, 2.75) is 38.3 Å². The summed E-state index contributed by atoms with van der Waals surface area (Å²) in [5, 5.41) is 11.7. The molecule has 1 saturated heterocycles. The number of carboxylic acid groups (broad SMARTS) is 1. The number of benzene rings is 1. The fraction of sp³-hybridized carbons (Fsp3) is 0.333. The number of anilines is 1. The number of carbonyl (C=O) groups is 2. The van der Waals surface area contributed by atoms with Crippen molar-refractivity contribution < 1.29 is 28.6 Å². The first kappa shape index (κ1) is 17.2. The van der Waals surface area contributed by atoms with Gasteiger partial charge in [-0.05, 0) is 42.7 Å². The van der Waals surface area contributed by atoms with Gasteiger partial charge in [0.1, 0.15) is 18.5 Å². The predicted octanol–water partition coefficient (Wildman–Crippen LogP) is 2.57. The first-order chi connectivity index (χ1) is 12.1. The number of amides is 1. The lowest BCUT2D eigenvalue weighted by atomic mass is 10.1. The summed E-state index contributed by atoms with van der Waals surface area (Å²) >= 11 is 0. The van der Waals surface area contributed by atoms with Gasteiger partial charge in [0, 0.05) is 5.69 Å². The van der Waals surface area contributed by atoms with Gasteiger partial charge in [-0.15, -0.1) is 0 Å². The van der Waals surface area contributed by atoms with Gasteiger partial charge in [-0.2, -0.15) is 0 Å². The van der Waals surface area contributed by atoms with Crippen molar-refractivity contribution in [3.05, 3.63) is 54.0 Å². The van der Waals surface area contributed by atoms with Crippen molar-refractivity contribution in [2.24, 2.45) is 0 Å². The lowest BCUT2D eigenvalue weighted by molar-refractivity contribution is -0.150. The molecule has 1 amide bonds. The van der Waals surface area contributed by atoms with E-state index in [0.717, 1.165) is 11.3 Å². The van der Waals surface area contributed by atoms with Crippen LogP contribution < -0.4 is 5.32 Å². The third-order valence-corrected chi connectivity index (χ3v) is 3.88. The van der Waals surface area contributed by atoms with Crippen molar-refractivity contribution in [2.75, 3.05) is 5.32 Å². The zero-order valence-electron chi connectivity index (χ0n) is 13.5. The van der Waals surface area contributed by atoms with Crippen LogP contribution in [0.2, 0.25) is 0 Å². The Bertz CT molecular complexity index is 727. The summed E-state index contributed by atoms with van der Waals surface area (Å²) in [5.74, 6) is -0.626. The van der Waals surface area contributed by atoms with Crippen LogP contribution in [0.4, 0.5) is 5.69 Å². The normalized spacial score (nSPS) is 19.7. The van der Waals surface area contributed by atoms with Gasteiger partial charge in [0.15, 0.2) is 6.10 Å². The van der Waals surface area contributed by atoms with Gasteiger partial charge in [0.2, 0.25) is 0 Å². The second-order valence-electron chi connectivity index (χ2n) is 5.79. The lowest BCUT2D eigenvalue weighted by Crippen LogP contribution is -2.29. The minimum absolute atomic E-state index is 0.336. The van der Waals surface area contributed by atoms with Crippen LogP contribution in [0, 0.1) is 0 Å². The van der Waals surface area contributed by atoms with Gasteiger partial charge in [-0.1, -0.05) is 12.1 Å². The third-order valence-electron chi connectivity index (χ3n) is 3.88. The zero-order chi connectivity index (χ0) is 17.6. The molecule has 0 saturated carbocycles. The SMILES string of the molecule is O=C(Nc1cccc(COCc2ccco2)c1)[C@@H]1CC[C@H](C(=O)O)O1. The van der Waals surface area contributed by atoms with Crippen LogP contribution in [-0.2, 0) is 32.3 Å². The standard InChI is InChI=1S/C18H19NO6/c20-17(15-6-7-16(25-15)18(21)22)19-13-4-1-3-12(9-13)10-23-11-14-5-2-8-24-14/h1-5,8-9,15-16H,6-7,10-11H2,(H,19,20)(H,21,22)/t15-,16+/m0/s1.